The molecule has 0 spiro atoms. The van der Waals surface area contributed by atoms with Gasteiger partial charge in [0.2, 0.25) is 0 Å². The first kappa shape index (κ1) is 23.4. The molecule has 0 heterocycles. The van der Waals surface area contributed by atoms with Crippen molar-refractivity contribution in [2.24, 2.45) is 0 Å². The maximum Gasteiger partial charge on any atom is -1.00 e. The van der Waals surface area contributed by atoms with Gasteiger partial charge in [-0.05, 0) is 0 Å². The van der Waals surface area contributed by atoms with E-state index in [4.69, 9.17) is 0 Å². The Morgan fingerprint density at radius 3 is 1.43 bits per heavy atom. The summed E-state index contributed by atoms with van der Waals surface area (Å²) < 4.78 is 2.96. The molecular formula is C25H28Cl2Ti. The predicted octanol–water partition coefficient (Wildman–Crippen LogP) is 0.758. The molecule has 2 unspecified atom stereocenters. The van der Waals surface area contributed by atoms with E-state index < -0.39 is 17.4 Å². The van der Waals surface area contributed by atoms with Crippen molar-refractivity contribution in [2.45, 2.75) is 50.0 Å². The largest absolute Gasteiger partial charge is 1.00 e. The van der Waals surface area contributed by atoms with E-state index in [1.54, 1.807) is 14.9 Å². The van der Waals surface area contributed by atoms with Crippen LogP contribution in [0.3, 0.4) is 0 Å². The first-order chi connectivity index (χ1) is 12.4. The van der Waals surface area contributed by atoms with Gasteiger partial charge in [0.1, 0.15) is 0 Å². The van der Waals surface area contributed by atoms with Crippen LogP contribution in [0.2, 0.25) is 0 Å². The number of allylic oxidation sites excluding steroid dienone is 4. The normalized spacial score (nSPS) is 18.6. The van der Waals surface area contributed by atoms with Gasteiger partial charge in [-0.1, -0.05) is 0 Å². The summed E-state index contributed by atoms with van der Waals surface area (Å²) in [5.41, 5.74) is 12.0. The molecule has 2 aliphatic rings. The molecule has 0 amide bonds. The summed E-state index contributed by atoms with van der Waals surface area (Å²) >= 11 is -1.59. The number of hydrogen-bond acceptors (Lipinski definition) is 0. The predicted molar refractivity (Wildman–Crippen MR) is 111 cm³/mol. The fourth-order valence-corrected chi connectivity index (χ4v) is 10.8. The fourth-order valence-electron chi connectivity index (χ4n) is 5.15. The van der Waals surface area contributed by atoms with Crippen LogP contribution >= 0.6 is 0 Å². The molecule has 0 nitrogen and oxygen atoms in total. The monoisotopic (exact) mass is 446 g/mol. The van der Waals surface area contributed by atoms with Crippen LogP contribution in [0.25, 0.3) is 11.1 Å². The standard InChI is InChI=1S/2C11H11.C3H6.2ClH.Ti/c2*1-8-4-3-5-10-7-6-9(2)11(8)10;1-3-2;;;/h2*3-7H,1-2H3;1-2H3;2*1H;/q;;;;;+2/p-2. The third-order valence-electron chi connectivity index (χ3n) is 6.15. The molecule has 0 saturated carbocycles. The molecule has 3 heteroatoms. The number of hydrogen-bond donors (Lipinski definition) is 0. The third kappa shape index (κ3) is 3.66. The second-order valence-electron chi connectivity index (χ2n) is 8.19. The van der Waals surface area contributed by atoms with Gasteiger partial charge in [-0.15, -0.1) is 0 Å². The van der Waals surface area contributed by atoms with E-state index in [9.17, 15) is 0 Å². The van der Waals surface area contributed by atoms with Gasteiger partial charge in [0.15, 0.2) is 0 Å². The van der Waals surface area contributed by atoms with E-state index in [0.29, 0.717) is 8.45 Å². The smallest absolute Gasteiger partial charge is 1.00 e. The summed E-state index contributed by atoms with van der Waals surface area (Å²) in [6.07, 6.45) is 5.19. The zero-order valence-electron chi connectivity index (χ0n) is 17.5. The van der Waals surface area contributed by atoms with Crippen LogP contribution in [-0.4, -0.2) is 3.81 Å². The van der Waals surface area contributed by atoms with Gasteiger partial charge < -0.3 is 24.8 Å². The molecule has 2 aromatic carbocycles. The van der Waals surface area contributed by atoms with Crippen molar-refractivity contribution in [3.63, 3.8) is 0 Å². The molecule has 2 atom stereocenters. The molecule has 0 bridgehead atoms. The summed E-state index contributed by atoms with van der Waals surface area (Å²) in [6.45, 7) is 13.9. The van der Waals surface area contributed by atoms with Crippen LogP contribution in [-0.2, 0) is 17.4 Å². The van der Waals surface area contributed by atoms with Gasteiger partial charge in [0.05, 0.1) is 0 Å². The first-order valence-corrected chi connectivity index (χ1v) is 12.2. The van der Waals surface area contributed by atoms with E-state index in [1.165, 1.54) is 33.4 Å². The minimum Gasteiger partial charge on any atom is -1.00 e. The Balaban J connectivity index is 0.00000140. The molecule has 4 rings (SSSR count). The summed E-state index contributed by atoms with van der Waals surface area (Å²) in [4.78, 5) is 0. The molecular weight excluding hydrogens is 419 g/mol. The van der Waals surface area contributed by atoms with Crippen LogP contribution in [0.1, 0.15) is 69.5 Å². The van der Waals surface area contributed by atoms with Crippen LogP contribution in [0.15, 0.2) is 48.6 Å². The molecule has 0 aromatic heterocycles. The minimum absolute atomic E-state index is 0. The molecule has 0 aliphatic heterocycles. The van der Waals surface area contributed by atoms with Gasteiger partial charge in [-0.3, -0.25) is 0 Å². The Hall–Kier alpha value is -0.916. The zero-order chi connectivity index (χ0) is 18.6. The van der Waals surface area contributed by atoms with Gasteiger partial charge >= 0.3 is 164 Å². The third-order valence-corrected chi connectivity index (χ3v) is 11.5. The van der Waals surface area contributed by atoms with Gasteiger partial charge in [-0.2, -0.15) is 0 Å². The Morgan fingerprint density at radius 2 is 1.07 bits per heavy atom. The average Bonchev–Trinajstić information content (AvgIpc) is 3.08. The van der Waals surface area contributed by atoms with Gasteiger partial charge in [0.25, 0.3) is 0 Å². The Morgan fingerprint density at radius 1 is 0.679 bits per heavy atom. The van der Waals surface area contributed by atoms with E-state index in [2.05, 4.69) is 90.1 Å². The molecule has 2 aromatic rings. The van der Waals surface area contributed by atoms with Crippen LogP contribution in [0.4, 0.5) is 0 Å². The number of halogens is 2. The van der Waals surface area contributed by atoms with Gasteiger partial charge in [0, 0.05) is 0 Å². The van der Waals surface area contributed by atoms with E-state index in [1.807, 2.05) is 0 Å². The molecule has 0 radical (unpaired) electrons. The van der Waals surface area contributed by atoms with E-state index in [0.717, 1.165) is 0 Å². The van der Waals surface area contributed by atoms with Crippen molar-refractivity contribution in [1.29, 1.82) is 0 Å². The van der Waals surface area contributed by atoms with Crippen molar-refractivity contribution < 1.29 is 42.2 Å². The fraction of sp³-hybridized carbons (Fsp3) is 0.320. The summed E-state index contributed by atoms with van der Waals surface area (Å²) in [5.74, 6) is 0. The first-order valence-electron chi connectivity index (χ1n) is 9.64. The summed E-state index contributed by atoms with van der Waals surface area (Å²) in [7, 11) is 0. The molecule has 146 valence electrons. The topological polar surface area (TPSA) is 0 Å². The van der Waals surface area contributed by atoms with Crippen molar-refractivity contribution in [1.82, 2.24) is 0 Å². The number of fused-ring (bicyclic) bond motifs is 2. The SMILES string of the molecule is CC1=C[CH]([Ti+2](=[C](C)C)[CH]2C=C(C)c3c(C)cccc32)c2cccc(C)c21.[Cl-].[Cl-]. The summed E-state index contributed by atoms with van der Waals surface area (Å²) in [5, 5.41) is 0. The van der Waals surface area contributed by atoms with Crippen molar-refractivity contribution >= 4 is 15.0 Å². The molecule has 2 aliphatic carbocycles. The molecule has 0 fully saturated rings. The quantitative estimate of drug-likeness (QED) is 0.597. The van der Waals surface area contributed by atoms with Crippen LogP contribution in [0.5, 0.6) is 0 Å². The van der Waals surface area contributed by atoms with Crippen LogP contribution in [0, 0.1) is 13.8 Å². The number of benzene rings is 2. The van der Waals surface area contributed by atoms with Crippen molar-refractivity contribution in [3.05, 3.63) is 81.9 Å². The van der Waals surface area contributed by atoms with E-state index in [-0.39, 0.29) is 24.8 Å². The zero-order valence-corrected chi connectivity index (χ0v) is 20.6. The van der Waals surface area contributed by atoms with Gasteiger partial charge in [-0.25, -0.2) is 0 Å². The minimum atomic E-state index is -1.59. The Labute approximate surface area is 188 Å². The summed E-state index contributed by atoms with van der Waals surface area (Å²) in [6, 6.07) is 13.8. The number of rotatable bonds is 2. The van der Waals surface area contributed by atoms with Crippen molar-refractivity contribution in [2.75, 3.05) is 0 Å². The second-order valence-corrected chi connectivity index (χ2v) is 13.1. The molecule has 28 heavy (non-hydrogen) atoms. The Bertz CT molecular complexity index is 932. The maximum absolute atomic E-state index is 2.59. The van der Waals surface area contributed by atoms with Crippen LogP contribution < -0.4 is 24.8 Å². The van der Waals surface area contributed by atoms with E-state index >= 15 is 0 Å². The molecule has 0 N–H and O–H groups in total. The maximum atomic E-state index is 2.59. The second kappa shape index (κ2) is 8.84. The molecule has 0 saturated heterocycles. The average molecular weight is 447 g/mol. The number of aryl methyl sites for hydroxylation is 2. The Kier molecular flexibility index (Phi) is 7.38. The van der Waals surface area contributed by atoms with Crippen molar-refractivity contribution in [3.8, 4) is 0 Å².